The maximum atomic E-state index is 12.5. The van der Waals surface area contributed by atoms with E-state index in [1.165, 1.54) is 19.3 Å². The number of para-hydroxylation sites is 1. The van der Waals surface area contributed by atoms with E-state index in [-0.39, 0.29) is 24.5 Å². The molecule has 0 atom stereocenters. The topological polar surface area (TPSA) is 110 Å². The molecule has 0 spiro atoms. The van der Waals surface area contributed by atoms with Gasteiger partial charge in [-0.1, -0.05) is 18.2 Å². The summed E-state index contributed by atoms with van der Waals surface area (Å²) in [5.41, 5.74) is 0.284. The second-order valence-corrected chi connectivity index (χ2v) is 6.61. The molecule has 31 heavy (non-hydrogen) atoms. The second-order valence-electron chi connectivity index (χ2n) is 6.61. The van der Waals surface area contributed by atoms with Gasteiger partial charge in [0.25, 0.3) is 5.91 Å². The highest BCUT2D eigenvalue weighted by Crippen LogP contribution is 2.34. The Morgan fingerprint density at radius 1 is 1.06 bits per heavy atom. The first-order chi connectivity index (χ1) is 14.9. The Labute approximate surface area is 179 Å². The first-order valence-electron chi connectivity index (χ1n) is 9.41. The highest BCUT2D eigenvalue weighted by Gasteiger charge is 2.21. The number of rotatable bonds is 8. The van der Waals surface area contributed by atoms with Crippen molar-refractivity contribution >= 4 is 22.6 Å². The van der Waals surface area contributed by atoms with Crippen molar-refractivity contribution < 1.29 is 29.0 Å². The molecule has 0 aliphatic carbocycles. The third-order valence-corrected chi connectivity index (χ3v) is 4.53. The monoisotopic (exact) mass is 425 g/mol. The average molecular weight is 425 g/mol. The lowest BCUT2D eigenvalue weighted by Gasteiger charge is -2.17. The predicted molar refractivity (Wildman–Crippen MR) is 113 cm³/mol. The molecule has 1 amide bonds. The minimum atomic E-state index is -0.698. The molecule has 1 aromatic heterocycles. The zero-order valence-corrected chi connectivity index (χ0v) is 17.4. The highest BCUT2D eigenvalue weighted by molar-refractivity contribution is 6.03. The number of benzene rings is 2. The van der Waals surface area contributed by atoms with Crippen LogP contribution in [0.5, 0.6) is 17.2 Å². The van der Waals surface area contributed by atoms with Crippen molar-refractivity contribution in [3.8, 4) is 17.2 Å². The third kappa shape index (κ3) is 5.27. The molecule has 2 aromatic carbocycles. The van der Waals surface area contributed by atoms with Crippen LogP contribution in [0.4, 0.5) is 0 Å². The average Bonchev–Trinajstić information content (AvgIpc) is 2.79. The van der Waals surface area contributed by atoms with Gasteiger partial charge >= 0.3 is 5.97 Å². The van der Waals surface area contributed by atoms with Gasteiger partial charge in [-0.2, -0.15) is 5.06 Å². The summed E-state index contributed by atoms with van der Waals surface area (Å²) >= 11 is 0. The molecule has 3 aromatic rings. The molecule has 2 N–H and O–H groups in total. The summed E-state index contributed by atoms with van der Waals surface area (Å²) in [6.07, 6.45) is 0. The Kier molecular flexibility index (Phi) is 7.01. The van der Waals surface area contributed by atoms with Crippen LogP contribution in [-0.4, -0.2) is 54.8 Å². The largest absolute Gasteiger partial charge is 0.505 e. The number of methoxy groups -OCH3 is 1. The van der Waals surface area contributed by atoms with Crippen LogP contribution in [-0.2, 0) is 20.9 Å². The van der Waals surface area contributed by atoms with Gasteiger partial charge in [0.05, 0.1) is 26.5 Å². The van der Waals surface area contributed by atoms with Crippen molar-refractivity contribution in [1.29, 1.82) is 0 Å². The van der Waals surface area contributed by atoms with Crippen LogP contribution in [0.2, 0.25) is 0 Å². The molecule has 0 fully saturated rings. The standard InChI is InChI=1S/C22H23N3O6/c1-25(30-3)13-18-17-11-15(31-14-7-5-4-6-8-14)9-10-16(17)21(27)20(24-18)22(28)23-12-19(26)29-2/h4-11,27H,12-13H2,1-3H3,(H,23,28). The van der Waals surface area contributed by atoms with E-state index in [1.54, 1.807) is 25.2 Å². The van der Waals surface area contributed by atoms with Gasteiger partial charge in [-0.15, -0.1) is 0 Å². The number of amides is 1. The Morgan fingerprint density at radius 3 is 2.48 bits per heavy atom. The number of nitrogens with zero attached hydrogens (tertiary/aromatic N) is 2. The quantitative estimate of drug-likeness (QED) is 0.419. The van der Waals surface area contributed by atoms with Crippen molar-refractivity contribution in [2.24, 2.45) is 0 Å². The maximum Gasteiger partial charge on any atom is 0.325 e. The van der Waals surface area contributed by atoms with Crippen LogP contribution in [0.3, 0.4) is 0 Å². The van der Waals surface area contributed by atoms with Gasteiger partial charge in [-0.25, -0.2) is 4.98 Å². The Hall–Kier alpha value is -3.69. The number of aromatic hydroxyl groups is 1. The van der Waals surface area contributed by atoms with Crippen LogP contribution in [0.15, 0.2) is 48.5 Å². The van der Waals surface area contributed by atoms with Crippen molar-refractivity contribution in [3.63, 3.8) is 0 Å². The van der Waals surface area contributed by atoms with E-state index in [1.807, 2.05) is 30.3 Å². The fourth-order valence-electron chi connectivity index (χ4n) is 2.90. The summed E-state index contributed by atoms with van der Waals surface area (Å²) < 4.78 is 10.4. The number of ether oxygens (including phenoxy) is 2. The summed E-state index contributed by atoms with van der Waals surface area (Å²) in [6, 6.07) is 14.4. The van der Waals surface area contributed by atoms with E-state index >= 15 is 0 Å². The van der Waals surface area contributed by atoms with E-state index in [0.29, 0.717) is 28.0 Å². The van der Waals surface area contributed by atoms with Crippen LogP contribution in [0.25, 0.3) is 10.8 Å². The van der Waals surface area contributed by atoms with E-state index in [9.17, 15) is 14.7 Å². The zero-order valence-electron chi connectivity index (χ0n) is 17.4. The van der Waals surface area contributed by atoms with Gasteiger partial charge in [0, 0.05) is 17.8 Å². The van der Waals surface area contributed by atoms with Gasteiger partial charge in [0.15, 0.2) is 11.4 Å². The van der Waals surface area contributed by atoms with Crippen molar-refractivity contribution in [2.75, 3.05) is 27.8 Å². The SMILES string of the molecule is COC(=O)CNC(=O)c1nc(CN(C)OC)c2cc(Oc3ccccc3)ccc2c1O. The molecule has 3 rings (SSSR count). The number of hydrogen-bond donors (Lipinski definition) is 2. The van der Waals surface area contributed by atoms with Crippen LogP contribution in [0, 0.1) is 0 Å². The maximum absolute atomic E-state index is 12.5. The van der Waals surface area contributed by atoms with Gasteiger partial charge in [-0.3, -0.25) is 9.59 Å². The molecule has 9 heteroatoms. The minimum Gasteiger partial charge on any atom is -0.505 e. The summed E-state index contributed by atoms with van der Waals surface area (Å²) in [5.74, 6) is -0.406. The molecule has 0 bridgehead atoms. The predicted octanol–water partition coefficient (Wildman–Crippen LogP) is 2.63. The lowest BCUT2D eigenvalue weighted by molar-refractivity contribution is -0.139. The Morgan fingerprint density at radius 2 is 1.81 bits per heavy atom. The molecule has 162 valence electrons. The van der Waals surface area contributed by atoms with Gasteiger partial charge < -0.3 is 24.7 Å². The van der Waals surface area contributed by atoms with Crippen molar-refractivity contribution in [1.82, 2.24) is 15.4 Å². The van der Waals surface area contributed by atoms with Crippen LogP contribution >= 0.6 is 0 Å². The van der Waals surface area contributed by atoms with Crippen molar-refractivity contribution in [3.05, 3.63) is 59.9 Å². The van der Waals surface area contributed by atoms with Gasteiger partial charge in [0.1, 0.15) is 18.0 Å². The van der Waals surface area contributed by atoms with Crippen LogP contribution in [0.1, 0.15) is 16.2 Å². The summed E-state index contributed by atoms with van der Waals surface area (Å²) in [5, 5.41) is 15.6. The van der Waals surface area contributed by atoms with E-state index in [2.05, 4.69) is 15.0 Å². The molecular weight excluding hydrogens is 402 g/mol. The number of aromatic nitrogens is 1. The summed E-state index contributed by atoms with van der Waals surface area (Å²) in [6.45, 7) is -0.106. The molecular formula is C22H23N3O6. The molecule has 0 aliphatic heterocycles. The fourth-order valence-corrected chi connectivity index (χ4v) is 2.90. The highest BCUT2D eigenvalue weighted by atomic mass is 16.7. The Bertz CT molecular complexity index is 1090. The summed E-state index contributed by atoms with van der Waals surface area (Å²) in [7, 11) is 4.44. The molecule has 0 unspecified atom stereocenters. The third-order valence-electron chi connectivity index (χ3n) is 4.53. The summed E-state index contributed by atoms with van der Waals surface area (Å²) in [4.78, 5) is 33.4. The number of esters is 1. The second kappa shape index (κ2) is 9.88. The number of hydrogen-bond acceptors (Lipinski definition) is 8. The first kappa shape index (κ1) is 22.0. The molecule has 9 nitrogen and oxygen atoms in total. The lowest BCUT2D eigenvalue weighted by Crippen LogP contribution is -2.31. The number of carbonyl (C=O) groups excluding carboxylic acids is 2. The normalized spacial score (nSPS) is 10.8. The number of fused-ring (bicyclic) bond motifs is 1. The minimum absolute atomic E-state index is 0.201. The fraction of sp³-hybridized carbons (Fsp3) is 0.227. The van der Waals surface area contributed by atoms with Crippen molar-refractivity contribution in [2.45, 2.75) is 6.54 Å². The molecule has 1 heterocycles. The van der Waals surface area contributed by atoms with Crippen LogP contribution < -0.4 is 10.1 Å². The molecule has 0 saturated carbocycles. The van der Waals surface area contributed by atoms with Gasteiger partial charge in [-0.05, 0) is 30.3 Å². The number of pyridine rings is 1. The number of hydroxylamine groups is 2. The first-order valence-corrected chi connectivity index (χ1v) is 9.41. The smallest absolute Gasteiger partial charge is 0.325 e. The zero-order chi connectivity index (χ0) is 22.4. The van der Waals surface area contributed by atoms with E-state index in [0.717, 1.165) is 0 Å². The number of carbonyl (C=O) groups is 2. The Balaban J connectivity index is 2.03. The van der Waals surface area contributed by atoms with Gasteiger partial charge in [0.2, 0.25) is 0 Å². The molecule has 0 saturated heterocycles. The lowest BCUT2D eigenvalue weighted by atomic mass is 10.1. The number of nitrogens with one attached hydrogen (secondary N) is 1. The van der Waals surface area contributed by atoms with E-state index in [4.69, 9.17) is 9.57 Å². The molecule has 0 radical (unpaired) electrons. The van der Waals surface area contributed by atoms with E-state index < -0.39 is 11.9 Å². The molecule has 0 aliphatic rings.